The largest absolute Gasteiger partial charge is 0.465 e. The first kappa shape index (κ1) is 16.2. The minimum absolute atomic E-state index is 0.128. The topological polar surface area (TPSA) is 55.4 Å². The number of methoxy groups -OCH3 is 1. The molecule has 5 heteroatoms. The van der Waals surface area contributed by atoms with E-state index in [1.54, 1.807) is 12.1 Å². The number of anilines is 1. The van der Waals surface area contributed by atoms with Crippen LogP contribution in [0.5, 0.6) is 0 Å². The Morgan fingerprint density at radius 3 is 2.35 bits per heavy atom. The molecule has 1 amide bonds. The molecule has 1 aromatic rings. The molecule has 1 aromatic carbocycles. The Labute approximate surface area is 120 Å². The van der Waals surface area contributed by atoms with Crippen LogP contribution in [0.1, 0.15) is 22.8 Å². The van der Waals surface area contributed by atoms with Gasteiger partial charge in [0.1, 0.15) is 0 Å². The normalized spacial score (nSPS) is 12.7. The molecule has 0 bridgehead atoms. The molecule has 0 fully saturated rings. The van der Waals surface area contributed by atoms with Crippen LogP contribution in [0.25, 0.3) is 0 Å². The smallest absolute Gasteiger partial charge is 0.339 e. The van der Waals surface area contributed by atoms with Crippen molar-refractivity contribution in [1.29, 1.82) is 0 Å². The highest BCUT2D eigenvalue weighted by atomic mass is 16.5. The van der Waals surface area contributed by atoms with Crippen molar-refractivity contribution in [2.45, 2.75) is 19.9 Å². The van der Waals surface area contributed by atoms with Crippen molar-refractivity contribution in [3.8, 4) is 0 Å². The lowest BCUT2D eigenvalue weighted by molar-refractivity contribution is -0.884. The van der Waals surface area contributed by atoms with Crippen LogP contribution in [0.2, 0.25) is 0 Å². The minimum atomic E-state index is -0.457. The second kappa shape index (κ2) is 6.05. The molecule has 5 nitrogen and oxygen atoms in total. The number of benzene rings is 1. The van der Waals surface area contributed by atoms with Gasteiger partial charge in [-0.15, -0.1) is 0 Å². The first-order chi connectivity index (χ1) is 9.18. The van der Waals surface area contributed by atoms with E-state index >= 15 is 0 Å². The van der Waals surface area contributed by atoms with Crippen LogP contribution < -0.4 is 5.32 Å². The van der Waals surface area contributed by atoms with E-state index in [4.69, 9.17) is 4.74 Å². The first-order valence-corrected chi connectivity index (χ1v) is 6.48. The van der Waals surface area contributed by atoms with Gasteiger partial charge < -0.3 is 14.5 Å². The fourth-order valence-corrected chi connectivity index (χ4v) is 1.69. The summed E-state index contributed by atoms with van der Waals surface area (Å²) < 4.78 is 5.25. The molecule has 0 aliphatic carbocycles. The highest BCUT2D eigenvalue weighted by Gasteiger charge is 2.28. The average Bonchev–Trinajstić information content (AvgIpc) is 2.38. The lowest BCUT2D eigenvalue weighted by atomic mass is 10.1. The summed E-state index contributed by atoms with van der Waals surface area (Å²) in [5.41, 5.74) is 1.72. The van der Waals surface area contributed by atoms with Gasteiger partial charge in [-0.1, -0.05) is 12.1 Å². The van der Waals surface area contributed by atoms with Crippen molar-refractivity contribution >= 4 is 17.6 Å². The molecule has 0 saturated heterocycles. The molecule has 110 valence electrons. The number of aryl methyl sites for hydroxylation is 1. The van der Waals surface area contributed by atoms with Crippen LogP contribution in [0, 0.1) is 6.92 Å². The maximum atomic E-state index is 12.3. The first-order valence-electron chi connectivity index (χ1n) is 6.48. The van der Waals surface area contributed by atoms with Gasteiger partial charge in [-0.3, -0.25) is 4.79 Å². The molecule has 0 spiro atoms. The maximum absolute atomic E-state index is 12.3. The predicted molar refractivity (Wildman–Crippen MR) is 78.6 cm³/mol. The Balaban J connectivity index is 3.09. The molecule has 0 radical (unpaired) electrons. The SMILES string of the molecule is COC(=O)c1cccc(C)c1NC(=O)C(C)[N+](C)(C)C. The zero-order valence-electron chi connectivity index (χ0n) is 13.0. The summed E-state index contributed by atoms with van der Waals surface area (Å²) in [6, 6.07) is 5.02. The fraction of sp³-hybridized carbons (Fsp3) is 0.467. The number of nitrogens with zero attached hydrogens (tertiary/aromatic N) is 1. The van der Waals surface area contributed by atoms with E-state index in [-0.39, 0.29) is 11.9 Å². The molecular formula is C15H23N2O3+. The predicted octanol–water partition coefficient (Wildman–Crippen LogP) is 1.81. The molecule has 1 rings (SSSR count). The van der Waals surface area contributed by atoms with E-state index in [0.717, 1.165) is 5.56 Å². The van der Waals surface area contributed by atoms with Crippen LogP contribution in [0.15, 0.2) is 18.2 Å². The van der Waals surface area contributed by atoms with E-state index < -0.39 is 5.97 Å². The number of para-hydroxylation sites is 1. The van der Waals surface area contributed by atoms with Crippen molar-refractivity contribution in [1.82, 2.24) is 0 Å². The van der Waals surface area contributed by atoms with Crippen LogP contribution in [-0.4, -0.2) is 50.7 Å². The zero-order valence-corrected chi connectivity index (χ0v) is 13.0. The van der Waals surface area contributed by atoms with Crippen LogP contribution in [0.4, 0.5) is 5.69 Å². The second-order valence-electron chi connectivity index (χ2n) is 5.77. The van der Waals surface area contributed by atoms with E-state index in [0.29, 0.717) is 15.7 Å². The van der Waals surface area contributed by atoms with Gasteiger partial charge >= 0.3 is 5.97 Å². The molecule has 1 atom stereocenters. The van der Waals surface area contributed by atoms with Crippen molar-refractivity contribution in [3.63, 3.8) is 0 Å². The van der Waals surface area contributed by atoms with Crippen molar-refractivity contribution in [3.05, 3.63) is 29.3 Å². The number of hydrogen-bond donors (Lipinski definition) is 1. The van der Waals surface area contributed by atoms with E-state index in [2.05, 4.69) is 5.32 Å². The number of quaternary nitrogens is 1. The Bertz CT molecular complexity index is 518. The summed E-state index contributed by atoms with van der Waals surface area (Å²) in [6.07, 6.45) is 0. The lowest BCUT2D eigenvalue weighted by Crippen LogP contribution is -2.50. The Hall–Kier alpha value is -1.88. The summed E-state index contributed by atoms with van der Waals surface area (Å²) in [5.74, 6) is -0.584. The Kier molecular flexibility index (Phi) is 4.89. The zero-order chi connectivity index (χ0) is 15.5. The van der Waals surface area contributed by atoms with Crippen LogP contribution in [-0.2, 0) is 9.53 Å². The molecule has 0 saturated carbocycles. The number of hydrogen-bond acceptors (Lipinski definition) is 3. The molecule has 1 N–H and O–H groups in total. The number of nitrogens with one attached hydrogen (secondary N) is 1. The van der Waals surface area contributed by atoms with Crippen LogP contribution >= 0.6 is 0 Å². The molecular weight excluding hydrogens is 256 g/mol. The molecule has 20 heavy (non-hydrogen) atoms. The molecule has 0 aliphatic rings. The monoisotopic (exact) mass is 279 g/mol. The molecule has 1 unspecified atom stereocenters. The average molecular weight is 279 g/mol. The number of rotatable bonds is 4. The minimum Gasteiger partial charge on any atom is -0.465 e. The third-order valence-electron chi connectivity index (χ3n) is 3.47. The highest BCUT2D eigenvalue weighted by Crippen LogP contribution is 2.22. The summed E-state index contributed by atoms with van der Waals surface area (Å²) >= 11 is 0. The lowest BCUT2D eigenvalue weighted by Gasteiger charge is -2.30. The number of carbonyl (C=O) groups excluding carboxylic acids is 2. The van der Waals surface area contributed by atoms with Gasteiger partial charge in [0.05, 0.1) is 39.5 Å². The van der Waals surface area contributed by atoms with E-state index in [1.807, 2.05) is 41.1 Å². The van der Waals surface area contributed by atoms with Crippen LogP contribution in [0.3, 0.4) is 0 Å². The maximum Gasteiger partial charge on any atom is 0.339 e. The summed E-state index contributed by atoms with van der Waals surface area (Å²) in [7, 11) is 7.17. The summed E-state index contributed by atoms with van der Waals surface area (Å²) in [5, 5.41) is 2.84. The second-order valence-corrected chi connectivity index (χ2v) is 5.77. The Morgan fingerprint density at radius 2 is 1.85 bits per heavy atom. The van der Waals surface area contributed by atoms with E-state index in [9.17, 15) is 9.59 Å². The third kappa shape index (κ3) is 3.57. The molecule has 0 aliphatic heterocycles. The number of carbonyl (C=O) groups is 2. The molecule has 0 aromatic heterocycles. The van der Waals surface area contributed by atoms with Gasteiger partial charge in [-0.05, 0) is 25.5 Å². The fourth-order valence-electron chi connectivity index (χ4n) is 1.69. The summed E-state index contributed by atoms with van der Waals surface area (Å²) in [6.45, 7) is 3.70. The van der Waals surface area contributed by atoms with Gasteiger partial charge in [0.25, 0.3) is 5.91 Å². The van der Waals surface area contributed by atoms with Gasteiger partial charge in [0, 0.05) is 0 Å². The van der Waals surface area contributed by atoms with Gasteiger partial charge in [-0.25, -0.2) is 4.79 Å². The van der Waals surface area contributed by atoms with E-state index in [1.165, 1.54) is 7.11 Å². The number of amides is 1. The molecule has 0 heterocycles. The van der Waals surface area contributed by atoms with Crippen molar-refractivity contribution in [2.75, 3.05) is 33.6 Å². The third-order valence-corrected chi connectivity index (χ3v) is 3.47. The highest BCUT2D eigenvalue weighted by molar-refractivity contribution is 6.03. The van der Waals surface area contributed by atoms with Crippen molar-refractivity contribution in [2.24, 2.45) is 0 Å². The van der Waals surface area contributed by atoms with Crippen molar-refractivity contribution < 1.29 is 18.8 Å². The van der Waals surface area contributed by atoms with Gasteiger partial charge in [-0.2, -0.15) is 0 Å². The standard InChI is InChI=1S/C15H22N2O3/c1-10-8-7-9-12(15(19)20-6)13(10)16-14(18)11(2)17(3,4)5/h7-9,11H,1-6H3/p+1. The number of likely N-dealkylation sites (N-methyl/N-ethyl adjacent to an activating group) is 1. The Morgan fingerprint density at radius 1 is 1.25 bits per heavy atom. The summed E-state index contributed by atoms with van der Waals surface area (Å²) in [4.78, 5) is 24.1. The van der Waals surface area contributed by atoms with Gasteiger partial charge in [0.2, 0.25) is 0 Å². The quantitative estimate of drug-likeness (QED) is 0.675. The number of ether oxygens (including phenoxy) is 1. The van der Waals surface area contributed by atoms with Gasteiger partial charge in [0.15, 0.2) is 6.04 Å². The number of esters is 1.